The van der Waals surface area contributed by atoms with Crippen LogP contribution in [-0.4, -0.2) is 18.5 Å². The van der Waals surface area contributed by atoms with E-state index in [2.05, 4.69) is 13.8 Å². The molecule has 0 saturated carbocycles. The van der Waals surface area contributed by atoms with E-state index < -0.39 is 6.04 Å². The summed E-state index contributed by atoms with van der Waals surface area (Å²) in [5, 5.41) is 0. The van der Waals surface area contributed by atoms with E-state index in [-0.39, 0.29) is 11.3 Å². The first-order chi connectivity index (χ1) is 9.02. The fourth-order valence-electron chi connectivity index (χ4n) is 2.32. The predicted molar refractivity (Wildman–Crippen MR) is 81.1 cm³/mol. The SMILES string of the molecule is CC.CC1(C)CCCN(c2ccccc2)C(=O)C1N. The van der Waals surface area contributed by atoms with Crippen LogP contribution in [0.25, 0.3) is 0 Å². The molecule has 1 aromatic rings. The molecule has 0 aromatic heterocycles. The Kier molecular flexibility index (Phi) is 5.55. The lowest BCUT2D eigenvalue weighted by molar-refractivity contribution is -0.121. The molecule has 3 heteroatoms. The summed E-state index contributed by atoms with van der Waals surface area (Å²) in [5.41, 5.74) is 6.93. The number of para-hydroxylation sites is 1. The molecule has 1 aliphatic heterocycles. The average Bonchev–Trinajstić information content (AvgIpc) is 2.54. The van der Waals surface area contributed by atoms with Gasteiger partial charge in [0.1, 0.15) is 0 Å². The highest BCUT2D eigenvalue weighted by Crippen LogP contribution is 2.31. The quantitative estimate of drug-likeness (QED) is 0.845. The number of rotatable bonds is 1. The van der Waals surface area contributed by atoms with Gasteiger partial charge in [-0.25, -0.2) is 0 Å². The van der Waals surface area contributed by atoms with Gasteiger partial charge in [-0.2, -0.15) is 0 Å². The second kappa shape index (κ2) is 6.71. The average molecular weight is 262 g/mol. The van der Waals surface area contributed by atoms with E-state index in [1.807, 2.05) is 49.1 Å². The fraction of sp³-hybridized carbons (Fsp3) is 0.562. The Morgan fingerprint density at radius 3 is 2.37 bits per heavy atom. The number of carbonyl (C=O) groups excluding carboxylic acids is 1. The Balaban J connectivity index is 0.000000861. The van der Waals surface area contributed by atoms with Crippen molar-refractivity contribution >= 4 is 11.6 Å². The number of nitrogens with two attached hydrogens (primary N) is 1. The summed E-state index contributed by atoms with van der Waals surface area (Å²) in [7, 11) is 0. The molecule has 1 aromatic carbocycles. The second-order valence-electron chi connectivity index (χ2n) is 5.40. The molecule has 106 valence electrons. The molecule has 1 atom stereocenters. The maximum atomic E-state index is 12.4. The minimum absolute atomic E-state index is 0.0405. The molecule has 1 amide bonds. The molecule has 0 bridgehead atoms. The lowest BCUT2D eigenvalue weighted by Gasteiger charge is -2.30. The van der Waals surface area contributed by atoms with Crippen LogP contribution in [0.1, 0.15) is 40.5 Å². The maximum absolute atomic E-state index is 12.4. The first-order valence-electron chi connectivity index (χ1n) is 7.14. The standard InChI is InChI=1S/C14H20N2O.C2H6/c1-14(2)9-6-10-16(13(17)12(14)15)11-7-4-3-5-8-11;1-2/h3-5,7-8,12H,6,9-10,15H2,1-2H3;1-2H3. The summed E-state index contributed by atoms with van der Waals surface area (Å²) < 4.78 is 0. The molecular weight excluding hydrogens is 236 g/mol. The zero-order valence-electron chi connectivity index (χ0n) is 12.5. The van der Waals surface area contributed by atoms with Crippen molar-refractivity contribution in [1.29, 1.82) is 0 Å². The summed E-state index contributed by atoms with van der Waals surface area (Å²) >= 11 is 0. The summed E-state index contributed by atoms with van der Waals surface area (Å²) in [5.74, 6) is 0.0405. The highest BCUT2D eigenvalue weighted by Gasteiger charge is 2.37. The van der Waals surface area contributed by atoms with Gasteiger partial charge in [0.2, 0.25) is 5.91 Å². The first kappa shape index (κ1) is 15.7. The van der Waals surface area contributed by atoms with Crippen LogP contribution in [0.3, 0.4) is 0 Å². The van der Waals surface area contributed by atoms with Crippen molar-refractivity contribution in [2.75, 3.05) is 11.4 Å². The minimum atomic E-state index is -0.412. The van der Waals surface area contributed by atoms with Crippen LogP contribution in [0.15, 0.2) is 30.3 Å². The molecule has 0 radical (unpaired) electrons. The molecule has 0 spiro atoms. The van der Waals surface area contributed by atoms with Crippen molar-refractivity contribution in [3.63, 3.8) is 0 Å². The van der Waals surface area contributed by atoms with Crippen LogP contribution in [-0.2, 0) is 4.79 Å². The largest absolute Gasteiger partial charge is 0.319 e. The summed E-state index contributed by atoms with van der Waals surface area (Å²) in [4.78, 5) is 14.2. The van der Waals surface area contributed by atoms with Crippen molar-refractivity contribution in [3.8, 4) is 0 Å². The van der Waals surface area contributed by atoms with Crippen LogP contribution in [0.4, 0.5) is 5.69 Å². The van der Waals surface area contributed by atoms with Crippen LogP contribution < -0.4 is 10.6 Å². The monoisotopic (exact) mass is 262 g/mol. The van der Waals surface area contributed by atoms with Gasteiger partial charge in [-0.05, 0) is 30.4 Å². The molecule has 0 aliphatic carbocycles. The molecule has 3 nitrogen and oxygen atoms in total. The van der Waals surface area contributed by atoms with Gasteiger partial charge in [-0.15, -0.1) is 0 Å². The van der Waals surface area contributed by atoms with Crippen LogP contribution in [0.5, 0.6) is 0 Å². The van der Waals surface area contributed by atoms with Gasteiger partial charge >= 0.3 is 0 Å². The second-order valence-corrected chi connectivity index (χ2v) is 5.40. The van der Waals surface area contributed by atoms with Crippen molar-refractivity contribution in [3.05, 3.63) is 30.3 Å². The smallest absolute Gasteiger partial charge is 0.244 e. The van der Waals surface area contributed by atoms with Crippen LogP contribution in [0.2, 0.25) is 0 Å². The van der Waals surface area contributed by atoms with Gasteiger partial charge in [0.15, 0.2) is 0 Å². The number of amides is 1. The van der Waals surface area contributed by atoms with Gasteiger partial charge in [0.25, 0.3) is 0 Å². The number of hydrogen-bond acceptors (Lipinski definition) is 2. The number of benzene rings is 1. The zero-order valence-corrected chi connectivity index (χ0v) is 12.5. The van der Waals surface area contributed by atoms with E-state index in [4.69, 9.17) is 5.73 Å². The Morgan fingerprint density at radius 2 is 1.79 bits per heavy atom. The van der Waals surface area contributed by atoms with E-state index in [9.17, 15) is 4.79 Å². The van der Waals surface area contributed by atoms with E-state index in [0.29, 0.717) is 0 Å². The molecule has 1 heterocycles. The molecule has 1 unspecified atom stereocenters. The van der Waals surface area contributed by atoms with Crippen LogP contribution in [0, 0.1) is 5.41 Å². The lowest BCUT2D eigenvalue weighted by atomic mass is 9.81. The van der Waals surface area contributed by atoms with E-state index in [1.54, 1.807) is 0 Å². The lowest BCUT2D eigenvalue weighted by Crippen LogP contribution is -2.49. The van der Waals surface area contributed by atoms with Gasteiger partial charge in [-0.1, -0.05) is 45.9 Å². The fourth-order valence-corrected chi connectivity index (χ4v) is 2.32. The maximum Gasteiger partial charge on any atom is 0.244 e. The Labute approximate surface area is 116 Å². The number of nitrogens with zero attached hydrogens (tertiary/aromatic N) is 1. The molecule has 2 N–H and O–H groups in total. The Hall–Kier alpha value is -1.35. The topological polar surface area (TPSA) is 46.3 Å². The summed E-state index contributed by atoms with van der Waals surface area (Å²) in [6.07, 6.45) is 1.99. The van der Waals surface area contributed by atoms with Crippen molar-refractivity contribution < 1.29 is 4.79 Å². The van der Waals surface area contributed by atoms with E-state index >= 15 is 0 Å². The number of carbonyl (C=O) groups is 1. The number of anilines is 1. The third-order valence-electron chi connectivity index (χ3n) is 3.64. The highest BCUT2D eigenvalue weighted by atomic mass is 16.2. The van der Waals surface area contributed by atoms with Gasteiger partial charge < -0.3 is 10.6 Å². The van der Waals surface area contributed by atoms with Crippen molar-refractivity contribution in [2.45, 2.75) is 46.6 Å². The molecular formula is C16H26N2O. The minimum Gasteiger partial charge on any atom is -0.319 e. The third kappa shape index (κ3) is 3.57. The van der Waals surface area contributed by atoms with Gasteiger partial charge in [0, 0.05) is 12.2 Å². The molecule has 1 fully saturated rings. The van der Waals surface area contributed by atoms with Gasteiger partial charge in [0.05, 0.1) is 6.04 Å². The Bertz CT molecular complexity index is 400. The highest BCUT2D eigenvalue weighted by molar-refractivity contribution is 5.97. The van der Waals surface area contributed by atoms with E-state index in [0.717, 1.165) is 25.1 Å². The summed E-state index contributed by atoms with van der Waals surface area (Å²) in [6.45, 7) is 8.91. The first-order valence-corrected chi connectivity index (χ1v) is 7.14. The van der Waals surface area contributed by atoms with Gasteiger partial charge in [-0.3, -0.25) is 4.79 Å². The Morgan fingerprint density at radius 1 is 1.21 bits per heavy atom. The third-order valence-corrected chi connectivity index (χ3v) is 3.64. The summed E-state index contributed by atoms with van der Waals surface area (Å²) in [6, 6.07) is 9.36. The molecule has 1 aliphatic rings. The molecule has 1 saturated heterocycles. The normalized spacial score (nSPS) is 22.3. The van der Waals surface area contributed by atoms with Crippen LogP contribution >= 0.6 is 0 Å². The van der Waals surface area contributed by atoms with Crippen molar-refractivity contribution in [1.82, 2.24) is 0 Å². The number of hydrogen-bond donors (Lipinski definition) is 1. The van der Waals surface area contributed by atoms with Crippen molar-refractivity contribution in [2.24, 2.45) is 11.1 Å². The predicted octanol–water partition coefficient (Wildman–Crippen LogP) is 3.19. The molecule has 19 heavy (non-hydrogen) atoms. The van der Waals surface area contributed by atoms with E-state index in [1.165, 1.54) is 0 Å². The molecule has 2 rings (SSSR count). The zero-order chi connectivity index (χ0) is 14.5.